The fraction of sp³-hybridized carbons (Fsp3) is 0.500. The fourth-order valence-corrected chi connectivity index (χ4v) is 3.13. The standard InChI is InChI=1S/C16H18F4N4O2/c17-8-13(9-3-5-21-6-4-9)22-12-7-10(14-23-24-15(25)26-14)1-2-11(12)16(18,19)20/h1-2,7,9,13,21-22H,3-6,8H2,(H,24,25). The summed E-state index contributed by atoms with van der Waals surface area (Å²) in [5, 5.41) is 11.5. The first-order chi connectivity index (χ1) is 12.4. The van der Waals surface area contributed by atoms with Crippen LogP contribution in [0, 0.1) is 5.92 Å². The van der Waals surface area contributed by atoms with Crippen LogP contribution < -0.4 is 16.4 Å². The van der Waals surface area contributed by atoms with Crippen LogP contribution in [-0.4, -0.2) is 36.0 Å². The van der Waals surface area contributed by atoms with Crippen molar-refractivity contribution in [3.63, 3.8) is 0 Å². The van der Waals surface area contributed by atoms with Gasteiger partial charge in [0.1, 0.15) is 6.67 Å². The maximum absolute atomic E-state index is 13.5. The van der Waals surface area contributed by atoms with Crippen molar-refractivity contribution in [3.8, 4) is 11.5 Å². The summed E-state index contributed by atoms with van der Waals surface area (Å²) in [5.74, 6) is -1.02. The summed E-state index contributed by atoms with van der Waals surface area (Å²) in [6, 6.07) is 2.46. The maximum Gasteiger partial charge on any atom is 0.434 e. The average molecular weight is 374 g/mol. The number of nitrogens with one attached hydrogen (secondary N) is 3. The van der Waals surface area contributed by atoms with Gasteiger partial charge in [0.15, 0.2) is 0 Å². The molecule has 1 saturated heterocycles. The van der Waals surface area contributed by atoms with Gasteiger partial charge in [0.05, 0.1) is 11.6 Å². The van der Waals surface area contributed by atoms with Gasteiger partial charge in [0.25, 0.3) is 0 Å². The van der Waals surface area contributed by atoms with Crippen molar-refractivity contribution < 1.29 is 22.0 Å². The Labute approximate surface area is 146 Å². The predicted molar refractivity (Wildman–Crippen MR) is 86.5 cm³/mol. The van der Waals surface area contributed by atoms with Crippen LogP contribution in [0.1, 0.15) is 18.4 Å². The molecule has 0 radical (unpaired) electrons. The number of anilines is 1. The number of benzene rings is 1. The van der Waals surface area contributed by atoms with Gasteiger partial charge in [-0.1, -0.05) is 0 Å². The molecule has 1 atom stereocenters. The van der Waals surface area contributed by atoms with Gasteiger partial charge in [-0.25, -0.2) is 14.3 Å². The van der Waals surface area contributed by atoms with E-state index in [0.717, 1.165) is 12.1 Å². The summed E-state index contributed by atoms with van der Waals surface area (Å²) in [7, 11) is 0. The summed E-state index contributed by atoms with van der Waals surface area (Å²) >= 11 is 0. The number of aromatic amines is 1. The van der Waals surface area contributed by atoms with Crippen LogP contribution in [0.3, 0.4) is 0 Å². The predicted octanol–water partition coefficient (Wildman–Crippen LogP) is 2.80. The summed E-state index contributed by atoms with van der Waals surface area (Å²) in [6.07, 6.45) is -3.25. The molecule has 0 spiro atoms. The lowest BCUT2D eigenvalue weighted by Crippen LogP contribution is -2.39. The first-order valence-electron chi connectivity index (χ1n) is 8.19. The Bertz CT molecular complexity index is 796. The van der Waals surface area contributed by atoms with Crippen molar-refractivity contribution in [2.45, 2.75) is 25.1 Å². The van der Waals surface area contributed by atoms with Crippen LogP contribution in [0.25, 0.3) is 11.5 Å². The lowest BCUT2D eigenvalue weighted by molar-refractivity contribution is -0.137. The van der Waals surface area contributed by atoms with E-state index in [9.17, 15) is 22.4 Å². The highest BCUT2D eigenvalue weighted by molar-refractivity contribution is 5.65. The minimum atomic E-state index is -4.61. The van der Waals surface area contributed by atoms with Gasteiger partial charge in [-0.15, -0.1) is 5.10 Å². The summed E-state index contributed by atoms with van der Waals surface area (Å²) in [6.45, 7) is 0.616. The van der Waals surface area contributed by atoms with Gasteiger partial charge >= 0.3 is 11.9 Å². The molecule has 1 aliphatic heterocycles. The molecular weight excluding hydrogens is 356 g/mol. The zero-order valence-electron chi connectivity index (χ0n) is 13.7. The molecule has 2 heterocycles. The van der Waals surface area contributed by atoms with Gasteiger partial charge in [0.2, 0.25) is 5.89 Å². The van der Waals surface area contributed by atoms with E-state index in [0.29, 0.717) is 25.9 Å². The third-order valence-electron chi connectivity index (χ3n) is 4.47. The summed E-state index contributed by atoms with van der Waals surface area (Å²) < 4.78 is 58.4. The third-order valence-corrected chi connectivity index (χ3v) is 4.47. The Morgan fingerprint density at radius 1 is 1.31 bits per heavy atom. The van der Waals surface area contributed by atoms with Crippen LogP contribution in [0.2, 0.25) is 0 Å². The molecular formula is C16H18F4N4O2. The van der Waals surface area contributed by atoms with Crippen LogP contribution >= 0.6 is 0 Å². The second-order valence-electron chi connectivity index (χ2n) is 6.17. The van der Waals surface area contributed by atoms with Crippen molar-refractivity contribution in [2.75, 3.05) is 25.1 Å². The smallest absolute Gasteiger partial charge is 0.388 e. The zero-order valence-corrected chi connectivity index (χ0v) is 13.7. The quantitative estimate of drug-likeness (QED) is 0.701. The first-order valence-corrected chi connectivity index (χ1v) is 8.19. The average Bonchev–Trinajstić information content (AvgIpc) is 3.06. The number of aromatic nitrogens is 2. The maximum atomic E-state index is 13.5. The molecule has 1 unspecified atom stereocenters. The molecule has 2 aromatic rings. The van der Waals surface area contributed by atoms with E-state index in [1.807, 2.05) is 0 Å². The largest absolute Gasteiger partial charge is 0.434 e. The second-order valence-corrected chi connectivity index (χ2v) is 6.17. The van der Waals surface area contributed by atoms with Crippen LogP contribution in [-0.2, 0) is 6.18 Å². The molecule has 142 valence electrons. The molecule has 1 aromatic carbocycles. The van der Waals surface area contributed by atoms with E-state index in [1.165, 1.54) is 6.07 Å². The van der Waals surface area contributed by atoms with Crippen molar-refractivity contribution in [2.24, 2.45) is 5.92 Å². The lowest BCUT2D eigenvalue weighted by Gasteiger charge is -2.31. The molecule has 1 fully saturated rings. The van der Waals surface area contributed by atoms with E-state index < -0.39 is 30.2 Å². The number of rotatable bonds is 5. The Balaban J connectivity index is 1.94. The molecule has 0 saturated carbocycles. The molecule has 1 aliphatic rings. The van der Waals surface area contributed by atoms with E-state index in [4.69, 9.17) is 4.42 Å². The second kappa shape index (κ2) is 7.48. The van der Waals surface area contributed by atoms with E-state index in [1.54, 1.807) is 0 Å². The number of nitrogens with zero attached hydrogens (tertiary/aromatic N) is 1. The van der Waals surface area contributed by atoms with Crippen molar-refractivity contribution in [1.82, 2.24) is 15.5 Å². The Morgan fingerprint density at radius 2 is 2.04 bits per heavy atom. The van der Waals surface area contributed by atoms with Gasteiger partial charge in [-0.2, -0.15) is 13.2 Å². The highest BCUT2D eigenvalue weighted by atomic mass is 19.4. The molecule has 3 rings (SSSR count). The van der Waals surface area contributed by atoms with Crippen LogP contribution in [0.15, 0.2) is 27.4 Å². The number of halogens is 4. The molecule has 1 aromatic heterocycles. The van der Waals surface area contributed by atoms with E-state index in [-0.39, 0.29) is 23.1 Å². The molecule has 0 aliphatic carbocycles. The topological polar surface area (TPSA) is 83.0 Å². The van der Waals surface area contributed by atoms with Gasteiger partial charge in [-0.3, -0.25) is 0 Å². The summed E-state index contributed by atoms with van der Waals surface area (Å²) in [5.41, 5.74) is -0.991. The number of H-pyrrole nitrogens is 1. The zero-order chi connectivity index (χ0) is 18.7. The van der Waals surface area contributed by atoms with Crippen LogP contribution in [0.5, 0.6) is 0 Å². The molecule has 10 heteroatoms. The fourth-order valence-electron chi connectivity index (χ4n) is 3.13. The van der Waals surface area contributed by atoms with Crippen molar-refractivity contribution in [3.05, 3.63) is 34.3 Å². The molecule has 0 amide bonds. The third kappa shape index (κ3) is 4.06. The minimum absolute atomic E-state index is 0.0747. The van der Waals surface area contributed by atoms with E-state index in [2.05, 4.69) is 20.8 Å². The number of piperidine rings is 1. The van der Waals surface area contributed by atoms with Gasteiger partial charge in [-0.05, 0) is 50.0 Å². The minimum Gasteiger partial charge on any atom is -0.388 e. The van der Waals surface area contributed by atoms with Gasteiger partial charge < -0.3 is 15.1 Å². The molecule has 0 bridgehead atoms. The summed E-state index contributed by atoms with van der Waals surface area (Å²) in [4.78, 5) is 11.1. The van der Waals surface area contributed by atoms with E-state index >= 15 is 0 Å². The SMILES string of the molecule is O=c1[nH]nc(-c2ccc(C(F)(F)F)c(NC(CF)C3CCNCC3)c2)o1. The highest BCUT2D eigenvalue weighted by Crippen LogP contribution is 2.37. The van der Waals surface area contributed by atoms with Crippen molar-refractivity contribution >= 4 is 5.69 Å². The molecule has 26 heavy (non-hydrogen) atoms. The number of hydrogen-bond donors (Lipinski definition) is 3. The Kier molecular flexibility index (Phi) is 5.30. The number of alkyl halides is 4. The Morgan fingerprint density at radius 3 is 2.62 bits per heavy atom. The lowest BCUT2D eigenvalue weighted by atomic mass is 9.90. The van der Waals surface area contributed by atoms with Crippen molar-refractivity contribution in [1.29, 1.82) is 0 Å². The van der Waals surface area contributed by atoms with Crippen LogP contribution in [0.4, 0.5) is 23.2 Å². The number of hydrogen-bond acceptors (Lipinski definition) is 5. The monoisotopic (exact) mass is 374 g/mol. The molecule has 3 N–H and O–H groups in total. The molecule has 6 nitrogen and oxygen atoms in total. The first kappa shape index (κ1) is 18.4. The highest BCUT2D eigenvalue weighted by Gasteiger charge is 2.35. The van der Waals surface area contributed by atoms with Gasteiger partial charge in [0, 0.05) is 11.3 Å². The Hall–Kier alpha value is -2.36. The normalized spacial score (nSPS) is 17.2.